The van der Waals surface area contributed by atoms with Crippen LogP contribution in [0, 0.1) is 6.92 Å². The van der Waals surface area contributed by atoms with Gasteiger partial charge >= 0.3 is 0 Å². The monoisotopic (exact) mass is 259 g/mol. The Morgan fingerprint density at radius 1 is 1.26 bits per heavy atom. The van der Waals surface area contributed by atoms with Crippen molar-refractivity contribution in [3.8, 4) is 5.75 Å². The molecule has 0 bridgehead atoms. The molecule has 0 aliphatic carbocycles. The number of hydrogen-bond acceptors (Lipinski definition) is 3. The third-order valence-electron chi connectivity index (χ3n) is 3.28. The second-order valence-electron chi connectivity index (χ2n) is 4.51. The van der Waals surface area contributed by atoms with Gasteiger partial charge in [-0.2, -0.15) is 5.10 Å². The van der Waals surface area contributed by atoms with Crippen molar-refractivity contribution in [1.82, 2.24) is 15.1 Å². The minimum Gasteiger partial charge on any atom is -0.496 e. The summed E-state index contributed by atoms with van der Waals surface area (Å²) in [6.07, 6.45) is 1.94. The highest BCUT2D eigenvalue weighted by atomic mass is 16.5. The smallest absolute Gasteiger partial charge is 0.123 e. The van der Waals surface area contributed by atoms with E-state index in [4.69, 9.17) is 4.74 Å². The number of hydrogen-bond donors (Lipinski definition) is 1. The van der Waals surface area contributed by atoms with Crippen LogP contribution in [0.25, 0.3) is 0 Å². The van der Waals surface area contributed by atoms with E-state index in [1.54, 1.807) is 7.11 Å². The van der Waals surface area contributed by atoms with Gasteiger partial charge in [-0.15, -0.1) is 0 Å². The summed E-state index contributed by atoms with van der Waals surface area (Å²) in [4.78, 5) is 0. The molecule has 1 aromatic heterocycles. The van der Waals surface area contributed by atoms with Crippen LogP contribution in [0.1, 0.15) is 23.7 Å². The van der Waals surface area contributed by atoms with Gasteiger partial charge in [0.25, 0.3) is 0 Å². The number of nitrogens with zero attached hydrogens (tertiary/aromatic N) is 2. The van der Waals surface area contributed by atoms with Crippen LogP contribution in [0.2, 0.25) is 0 Å². The standard InChI is InChI=1S/C15H21N3O/c1-4-16-9-14-10-17-18(12(14)2)11-13-7-5-6-8-15(13)19-3/h5-8,10,16H,4,9,11H2,1-3H3. The number of para-hydroxylation sites is 1. The maximum absolute atomic E-state index is 5.38. The van der Waals surface area contributed by atoms with Crippen LogP contribution in [0.5, 0.6) is 5.75 Å². The minimum absolute atomic E-state index is 0.738. The van der Waals surface area contributed by atoms with Crippen molar-refractivity contribution in [2.24, 2.45) is 0 Å². The third-order valence-corrected chi connectivity index (χ3v) is 3.28. The number of methoxy groups -OCH3 is 1. The van der Waals surface area contributed by atoms with E-state index in [2.05, 4.69) is 30.3 Å². The maximum Gasteiger partial charge on any atom is 0.123 e. The molecule has 1 N–H and O–H groups in total. The zero-order chi connectivity index (χ0) is 13.7. The first-order valence-electron chi connectivity index (χ1n) is 6.60. The predicted octanol–water partition coefficient (Wildman–Crippen LogP) is 2.36. The molecule has 2 rings (SSSR count). The Morgan fingerprint density at radius 2 is 2.05 bits per heavy atom. The van der Waals surface area contributed by atoms with Crippen LogP contribution in [0.15, 0.2) is 30.5 Å². The second kappa shape index (κ2) is 6.38. The van der Waals surface area contributed by atoms with E-state index in [0.717, 1.165) is 30.9 Å². The van der Waals surface area contributed by atoms with Gasteiger partial charge in [-0.1, -0.05) is 25.1 Å². The lowest BCUT2D eigenvalue weighted by Gasteiger charge is -2.10. The third kappa shape index (κ3) is 3.15. The molecule has 0 spiro atoms. The van der Waals surface area contributed by atoms with Crippen molar-refractivity contribution in [3.05, 3.63) is 47.3 Å². The summed E-state index contributed by atoms with van der Waals surface area (Å²) in [6.45, 7) is 6.79. The van der Waals surface area contributed by atoms with E-state index in [1.807, 2.05) is 29.1 Å². The Balaban J connectivity index is 2.17. The molecule has 102 valence electrons. The van der Waals surface area contributed by atoms with Crippen LogP contribution >= 0.6 is 0 Å². The van der Waals surface area contributed by atoms with Gasteiger partial charge < -0.3 is 10.1 Å². The van der Waals surface area contributed by atoms with E-state index in [-0.39, 0.29) is 0 Å². The average molecular weight is 259 g/mol. The Hall–Kier alpha value is -1.81. The van der Waals surface area contributed by atoms with Crippen LogP contribution in [0.3, 0.4) is 0 Å². The molecule has 0 saturated heterocycles. The normalized spacial score (nSPS) is 10.7. The topological polar surface area (TPSA) is 39.1 Å². The molecular weight excluding hydrogens is 238 g/mol. The zero-order valence-electron chi connectivity index (χ0n) is 11.8. The van der Waals surface area contributed by atoms with Gasteiger partial charge in [0.05, 0.1) is 19.9 Å². The molecule has 0 aliphatic heterocycles. The Labute approximate surface area is 114 Å². The van der Waals surface area contributed by atoms with E-state index in [1.165, 1.54) is 11.3 Å². The molecule has 0 unspecified atom stereocenters. The van der Waals surface area contributed by atoms with E-state index in [0.29, 0.717) is 0 Å². The van der Waals surface area contributed by atoms with Gasteiger partial charge in [0.2, 0.25) is 0 Å². The summed E-state index contributed by atoms with van der Waals surface area (Å²) in [7, 11) is 1.70. The lowest BCUT2D eigenvalue weighted by atomic mass is 10.2. The van der Waals surface area contributed by atoms with Crippen molar-refractivity contribution in [3.63, 3.8) is 0 Å². The Bertz CT molecular complexity index is 534. The first kappa shape index (κ1) is 13.6. The van der Waals surface area contributed by atoms with Gasteiger partial charge in [0, 0.05) is 23.4 Å². The van der Waals surface area contributed by atoms with Crippen LogP contribution in [-0.2, 0) is 13.1 Å². The molecular formula is C15H21N3O. The van der Waals surface area contributed by atoms with Gasteiger partial charge in [-0.05, 0) is 19.5 Å². The zero-order valence-corrected chi connectivity index (χ0v) is 11.8. The number of ether oxygens (including phenoxy) is 1. The first-order valence-corrected chi connectivity index (χ1v) is 6.60. The summed E-state index contributed by atoms with van der Waals surface area (Å²) in [5.74, 6) is 0.908. The average Bonchev–Trinajstić information content (AvgIpc) is 2.78. The molecule has 0 amide bonds. The maximum atomic E-state index is 5.38. The first-order chi connectivity index (χ1) is 9.26. The molecule has 1 heterocycles. The lowest BCUT2D eigenvalue weighted by molar-refractivity contribution is 0.407. The molecule has 0 saturated carbocycles. The number of nitrogens with one attached hydrogen (secondary N) is 1. The molecule has 4 nitrogen and oxygen atoms in total. The minimum atomic E-state index is 0.738. The SMILES string of the molecule is CCNCc1cnn(Cc2ccccc2OC)c1C. The number of rotatable bonds is 6. The molecule has 2 aromatic rings. The lowest BCUT2D eigenvalue weighted by Crippen LogP contribution is -2.12. The summed E-state index contributed by atoms with van der Waals surface area (Å²) < 4.78 is 7.39. The van der Waals surface area contributed by atoms with Crippen molar-refractivity contribution in [2.75, 3.05) is 13.7 Å². The highest BCUT2D eigenvalue weighted by Crippen LogP contribution is 2.19. The van der Waals surface area contributed by atoms with Crippen LogP contribution in [0.4, 0.5) is 0 Å². The van der Waals surface area contributed by atoms with Crippen LogP contribution in [-0.4, -0.2) is 23.4 Å². The van der Waals surface area contributed by atoms with Gasteiger partial charge in [-0.3, -0.25) is 4.68 Å². The van der Waals surface area contributed by atoms with Crippen molar-refractivity contribution in [1.29, 1.82) is 0 Å². The Morgan fingerprint density at radius 3 is 2.79 bits per heavy atom. The second-order valence-corrected chi connectivity index (χ2v) is 4.51. The molecule has 0 aliphatic rings. The van der Waals surface area contributed by atoms with Gasteiger partial charge in [0.15, 0.2) is 0 Å². The van der Waals surface area contributed by atoms with Crippen molar-refractivity contribution < 1.29 is 4.74 Å². The molecule has 0 atom stereocenters. The fourth-order valence-electron chi connectivity index (χ4n) is 2.07. The Kier molecular flexibility index (Phi) is 4.58. The number of aromatic nitrogens is 2. The summed E-state index contributed by atoms with van der Waals surface area (Å²) in [6, 6.07) is 8.06. The molecule has 1 aromatic carbocycles. The summed E-state index contributed by atoms with van der Waals surface area (Å²) in [5.41, 5.74) is 3.59. The van der Waals surface area contributed by atoms with Gasteiger partial charge in [-0.25, -0.2) is 0 Å². The number of benzene rings is 1. The quantitative estimate of drug-likeness (QED) is 0.865. The molecule has 0 radical (unpaired) electrons. The largest absolute Gasteiger partial charge is 0.496 e. The summed E-state index contributed by atoms with van der Waals surface area (Å²) >= 11 is 0. The van der Waals surface area contributed by atoms with Crippen molar-refractivity contribution >= 4 is 0 Å². The summed E-state index contributed by atoms with van der Waals surface area (Å²) in [5, 5.41) is 7.79. The van der Waals surface area contributed by atoms with Gasteiger partial charge in [0.1, 0.15) is 5.75 Å². The highest BCUT2D eigenvalue weighted by molar-refractivity contribution is 5.33. The fraction of sp³-hybridized carbons (Fsp3) is 0.400. The van der Waals surface area contributed by atoms with E-state index >= 15 is 0 Å². The molecule has 0 fully saturated rings. The van der Waals surface area contributed by atoms with E-state index in [9.17, 15) is 0 Å². The van der Waals surface area contributed by atoms with Crippen LogP contribution < -0.4 is 10.1 Å². The molecule has 19 heavy (non-hydrogen) atoms. The molecule has 4 heteroatoms. The van der Waals surface area contributed by atoms with Crippen molar-refractivity contribution in [2.45, 2.75) is 26.9 Å². The van der Waals surface area contributed by atoms with E-state index < -0.39 is 0 Å². The fourth-order valence-corrected chi connectivity index (χ4v) is 2.07. The predicted molar refractivity (Wildman–Crippen MR) is 76.4 cm³/mol. The highest BCUT2D eigenvalue weighted by Gasteiger charge is 2.08.